The molecule has 2 fully saturated rings. The van der Waals surface area contributed by atoms with Crippen molar-refractivity contribution in [1.29, 1.82) is 0 Å². The van der Waals surface area contributed by atoms with E-state index >= 15 is 0 Å². The van der Waals surface area contributed by atoms with Gasteiger partial charge >= 0.3 is 29.6 Å². The van der Waals surface area contributed by atoms with Crippen molar-refractivity contribution < 1.29 is 31.0 Å². The van der Waals surface area contributed by atoms with Crippen LogP contribution in [-0.4, -0.2) is 0 Å². The molecular weight excluding hydrogens is 143 g/mol. The number of hydrogen-bond acceptors (Lipinski definition) is 0. The van der Waals surface area contributed by atoms with Crippen molar-refractivity contribution in [2.24, 2.45) is 11.8 Å². The normalized spacial score (nSPS) is 37.1. The molecule has 2 aliphatic rings. The van der Waals surface area contributed by atoms with Gasteiger partial charge < -0.3 is 1.43 Å². The van der Waals surface area contributed by atoms with Gasteiger partial charge in [0.25, 0.3) is 0 Å². The molecule has 11 heavy (non-hydrogen) atoms. The van der Waals surface area contributed by atoms with Gasteiger partial charge in [-0.3, -0.25) is 0 Å². The van der Waals surface area contributed by atoms with Gasteiger partial charge in [0, 0.05) is 0 Å². The van der Waals surface area contributed by atoms with Crippen molar-refractivity contribution in [3.63, 3.8) is 0 Å². The van der Waals surface area contributed by atoms with Gasteiger partial charge in [0.1, 0.15) is 0 Å². The topological polar surface area (TPSA) is 0 Å². The van der Waals surface area contributed by atoms with Gasteiger partial charge in [-0.25, -0.2) is 0 Å². The van der Waals surface area contributed by atoms with Gasteiger partial charge in [-0.1, -0.05) is 51.4 Å². The Morgan fingerprint density at radius 2 is 0.909 bits per heavy atom. The summed E-state index contributed by atoms with van der Waals surface area (Å²) in [5.74, 6) is 2.31. The fourth-order valence-corrected chi connectivity index (χ4v) is 2.86. The molecule has 0 nitrogen and oxygen atoms in total. The Labute approximate surface area is 93.9 Å². The minimum absolute atomic E-state index is 0. The number of rotatable bonds is 0. The van der Waals surface area contributed by atoms with Crippen molar-refractivity contribution >= 4 is 0 Å². The van der Waals surface area contributed by atoms with Crippen molar-refractivity contribution in [2.75, 3.05) is 0 Å². The zero-order valence-electron chi connectivity index (χ0n) is 8.81. The SMILES string of the molecule is C1CCC2CCCCC2C1.[H-].[Na+]. The Hall–Kier alpha value is 1.00. The van der Waals surface area contributed by atoms with E-state index in [1.165, 1.54) is 25.7 Å². The first-order valence-electron chi connectivity index (χ1n) is 4.97. The molecule has 2 rings (SSSR count). The molecule has 2 saturated carbocycles. The third-order valence-electron chi connectivity index (χ3n) is 3.47. The second-order valence-electron chi connectivity index (χ2n) is 4.09. The van der Waals surface area contributed by atoms with Crippen molar-refractivity contribution in [2.45, 2.75) is 51.4 Å². The summed E-state index contributed by atoms with van der Waals surface area (Å²) in [7, 11) is 0. The van der Waals surface area contributed by atoms with E-state index < -0.39 is 0 Å². The van der Waals surface area contributed by atoms with Crippen molar-refractivity contribution in [3.05, 3.63) is 0 Å². The second kappa shape index (κ2) is 4.89. The van der Waals surface area contributed by atoms with Crippen LogP contribution < -0.4 is 29.6 Å². The Kier molecular flexibility index (Phi) is 4.48. The van der Waals surface area contributed by atoms with Gasteiger partial charge in [-0.15, -0.1) is 0 Å². The first kappa shape index (κ1) is 10.1. The molecule has 0 saturated heterocycles. The smallest absolute Gasteiger partial charge is 1.00 e. The Morgan fingerprint density at radius 3 is 1.18 bits per heavy atom. The number of hydrogen-bond donors (Lipinski definition) is 0. The van der Waals surface area contributed by atoms with Gasteiger partial charge in [0.15, 0.2) is 0 Å². The molecule has 0 aromatic rings. The summed E-state index contributed by atoms with van der Waals surface area (Å²) in [5, 5.41) is 0. The molecule has 0 aliphatic heterocycles. The molecule has 2 aliphatic carbocycles. The third-order valence-corrected chi connectivity index (χ3v) is 3.47. The zero-order chi connectivity index (χ0) is 6.81. The predicted octanol–water partition coefficient (Wildman–Crippen LogP) is 0.483. The van der Waals surface area contributed by atoms with E-state index in [-0.39, 0.29) is 31.0 Å². The van der Waals surface area contributed by atoms with Crippen LogP contribution >= 0.6 is 0 Å². The van der Waals surface area contributed by atoms with E-state index in [2.05, 4.69) is 0 Å². The predicted molar refractivity (Wildman–Crippen MR) is 45.0 cm³/mol. The van der Waals surface area contributed by atoms with Gasteiger partial charge in [0.05, 0.1) is 0 Å². The summed E-state index contributed by atoms with van der Waals surface area (Å²) in [4.78, 5) is 0. The zero-order valence-corrected chi connectivity index (χ0v) is 9.81. The molecule has 0 bridgehead atoms. The first-order valence-corrected chi connectivity index (χ1v) is 4.97. The summed E-state index contributed by atoms with van der Waals surface area (Å²) < 4.78 is 0. The van der Waals surface area contributed by atoms with E-state index in [0.29, 0.717) is 0 Å². The van der Waals surface area contributed by atoms with E-state index in [1.807, 2.05) is 0 Å². The van der Waals surface area contributed by atoms with Crippen LogP contribution in [0.3, 0.4) is 0 Å². The van der Waals surface area contributed by atoms with Crippen LogP contribution in [0.1, 0.15) is 52.8 Å². The molecule has 0 spiro atoms. The van der Waals surface area contributed by atoms with Gasteiger partial charge in [-0.2, -0.15) is 0 Å². The summed E-state index contributed by atoms with van der Waals surface area (Å²) in [6, 6.07) is 0. The summed E-state index contributed by atoms with van der Waals surface area (Å²) in [6.45, 7) is 0. The maximum absolute atomic E-state index is 1.56. The van der Waals surface area contributed by atoms with E-state index in [9.17, 15) is 0 Å². The fourth-order valence-electron chi connectivity index (χ4n) is 2.86. The van der Waals surface area contributed by atoms with E-state index in [1.54, 1.807) is 25.7 Å². The Balaban J connectivity index is 0.000000605. The van der Waals surface area contributed by atoms with Crippen molar-refractivity contribution in [1.82, 2.24) is 0 Å². The third kappa shape index (κ3) is 2.47. The van der Waals surface area contributed by atoms with Crippen LogP contribution in [0.4, 0.5) is 0 Å². The van der Waals surface area contributed by atoms with Gasteiger partial charge in [0.2, 0.25) is 0 Å². The van der Waals surface area contributed by atoms with Crippen LogP contribution in [0.15, 0.2) is 0 Å². The molecule has 0 heterocycles. The minimum Gasteiger partial charge on any atom is -1.00 e. The fraction of sp³-hybridized carbons (Fsp3) is 1.00. The molecule has 60 valence electrons. The molecule has 0 radical (unpaired) electrons. The standard InChI is InChI=1S/C10H18.Na.H/c1-2-6-10-8-4-3-7-9(10)5-1;;/h9-10H,1-8H2;;/q;+1;-1. The quantitative estimate of drug-likeness (QED) is 0.455. The minimum atomic E-state index is 0. The van der Waals surface area contributed by atoms with Crippen LogP contribution in [-0.2, 0) is 0 Å². The van der Waals surface area contributed by atoms with Gasteiger partial charge in [-0.05, 0) is 11.8 Å². The van der Waals surface area contributed by atoms with E-state index in [4.69, 9.17) is 0 Å². The maximum atomic E-state index is 1.56. The van der Waals surface area contributed by atoms with E-state index in [0.717, 1.165) is 11.8 Å². The molecule has 0 aromatic carbocycles. The average Bonchev–Trinajstić information content (AvgIpc) is 2.05. The molecule has 0 unspecified atom stereocenters. The largest absolute Gasteiger partial charge is 1.00 e. The molecule has 0 atom stereocenters. The maximum Gasteiger partial charge on any atom is 1.00 e. The monoisotopic (exact) mass is 162 g/mol. The molecule has 0 aromatic heterocycles. The molecular formula is C10H19Na. The Morgan fingerprint density at radius 1 is 0.636 bits per heavy atom. The van der Waals surface area contributed by atoms with Crippen LogP contribution in [0.25, 0.3) is 0 Å². The second-order valence-corrected chi connectivity index (χ2v) is 4.09. The van der Waals surface area contributed by atoms with Crippen molar-refractivity contribution in [3.8, 4) is 0 Å². The summed E-state index contributed by atoms with van der Waals surface area (Å²) in [6.07, 6.45) is 12.4. The first-order chi connectivity index (χ1) is 4.97. The van der Waals surface area contributed by atoms with Crippen LogP contribution in [0, 0.1) is 11.8 Å². The summed E-state index contributed by atoms with van der Waals surface area (Å²) in [5.41, 5.74) is 0. The average molecular weight is 162 g/mol. The Bertz CT molecular complexity index is 90.4. The van der Waals surface area contributed by atoms with Crippen LogP contribution in [0.2, 0.25) is 0 Å². The van der Waals surface area contributed by atoms with Crippen LogP contribution in [0.5, 0.6) is 0 Å². The molecule has 0 N–H and O–H groups in total. The number of fused-ring (bicyclic) bond motifs is 1. The molecule has 1 heteroatoms. The summed E-state index contributed by atoms with van der Waals surface area (Å²) >= 11 is 0. The molecule has 0 amide bonds.